The van der Waals surface area contributed by atoms with Crippen LogP contribution in [0.4, 0.5) is 4.79 Å². The molecule has 1 aliphatic heterocycles. The molecule has 0 saturated carbocycles. The van der Waals surface area contributed by atoms with Crippen molar-refractivity contribution in [1.29, 1.82) is 0 Å². The van der Waals surface area contributed by atoms with Gasteiger partial charge in [-0.15, -0.1) is 0 Å². The lowest BCUT2D eigenvalue weighted by Crippen LogP contribution is -2.41. The van der Waals surface area contributed by atoms with Crippen molar-refractivity contribution in [2.24, 2.45) is 0 Å². The lowest BCUT2D eigenvalue weighted by molar-refractivity contribution is 0.0193. The third kappa shape index (κ3) is 6.18. The molecule has 0 bridgehead atoms. The van der Waals surface area contributed by atoms with Crippen LogP contribution in [0, 0.1) is 0 Å². The summed E-state index contributed by atoms with van der Waals surface area (Å²) in [7, 11) is -1.52. The lowest BCUT2D eigenvalue weighted by atomic mass is 10.0. The molecule has 2 heterocycles. The lowest BCUT2D eigenvalue weighted by Gasteiger charge is -2.32. The third-order valence-electron chi connectivity index (χ3n) is 4.58. The van der Waals surface area contributed by atoms with Gasteiger partial charge in [-0.25, -0.2) is 14.6 Å². The van der Waals surface area contributed by atoms with Crippen molar-refractivity contribution in [3.8, 4) is 5.75 Å². The molecule has 0 aliphatic carbocycles. The smallest absolute Gasteiger partial charge is 0.410 e. The minimum absolute atomic E-state index is 0.138. The standard InChI is InChI=1S/C19H29N3O8S/c1-19(2,3)29-18(25)21(4)12-10-8-7-9-11-22-15(12)20-13(17(24)28-5)14(16(22)23)30-31(6,26)27/h12H,7-11H2,1-6H3/t12-/m0/s1. The Bertz CT molecular complexity index is 1010. The van der Waals surface area contributed by atoms with E-state index in [2.05, 4.69) is 9.72 Å². The van der Waals surface area contributed by atoms with Crippen molar-refractivity contribution in [3.63, 3.8) is 0 Å². The summed E-state index contributed by atoms with van der Waals surface area (Å²) in [5, 5.41) is 0. The Hall–Kier alpha value is -2.63. The molecule has 0 saturated heterocycles. The summed E-state index contributed by atoms with van der Waals surface area (Å²) in [6.07, 6.45) is 2.78. The van der Waals surface area contributed by atoms with Gasteiger partial charge in [-0.05, 0) is 33.6 Å². The molecule has 0 N–H and O–H groups in total. The summed E-state index contributed by atoms with van der Waals surface area (Å²) in [4.78, 5) is 43.7. The number of amides is 1. The molecular formula is C19H29N3O8S. The number of hydrogen-bond acceptors (Lipinski definition) is 9. The fourth-order valence-electron chi connectivity index (χ4n) is 3.23. The van der Waals surface area contributed by atoms with Gasteiger partial charge < -0.3 is 18.6 Å². The summed E-state index contributed by atoms with van der Waals surface area (Å²) in [6, 6.07) is -0.682. The van der Waals surface area contributed by atoms with Gasteiger partial charge >= 0.3 is 22.2 Å². The minimum atomic E-state index is -4.12. The number of hydrogen-bond donors (Lipinski definition) is 0. The molecule has 0 unspecified atom stereocenters. The number of rotatable bonds is 4. The Morgan fingerprint density at radius 1 is 1.19 bits per heavy atom. The molecule has 0 spiro atoms. The van der Waals surface area contributed by atoms with Crippen molar-refractivity contribution >= 4 is 22.2 Å². The first-order chi connectivity index (χ1) is 14.2. The highest BCUT2D eigenvalue weighted by molar-refractivity contribution is 7.86. The van der Waals surface area contributed by atoms with E-state index >= 15 is 0 Å². The van der Waals surface area contributed by atoms with Gasteiger partial charge in [0.1, 0.15) is 11.4 Å². The van der Waals surface area contributed by atoms with Crippen molar-refractivity contribution in [2.45, 2.75) is 64.6 Å². The van der Waals surface area contributed by atoms with Crippen LogP contribution in [-0.2, 0) is 26.1 Å². The van der Waals surface area contributed by atoms with Crippen LogP contribution in [0.15, 0.2) is 4.79 Å². The second-order valence-electron chi connectivity index (χ2n) is 8.34. The first-order valence-corrected chi connectivity index (χ1v) is 11.6. The zero-order chi connectivity index (χ0) is 23.6. The molecule has 1 amide bonds. The molecule has 1 aliphatic rings. The Labute approximate surface area is 181 Å². The van der Waals surface area contributed by atoms with Gasteiger partial charge in [0.05, 0.1) is 19.4 Å². The van der Waals surface area contributed by atoms with E-state index in [1.807, 2.05) is 0 Å². The molecule has 1 aromatic heterocycles. The molecule has 0 fully saturated rings. The number of fused-ring (bicyclic) bond motifs is 1. The Kier molecular flexibility index (Phi) is 7.35. The molecule has 0 radical (unpaired) electrons. The zero-order valence-electron chi connectivity index (χ0n) is 18.6. The van der Waals surface area contributed by atoms with Crippen LogP contribution in [0.25, 0.3) is 0 Å². The van der Waals surface area contributed by atoms with Gasteiger partial charge in [0.2, 0.25) is 5.75 Å². The maximum atomic E-state index is 13.2. The van der Waals surface area contributed by atoms with Crippen LogP contribution in [0.1, 0.15) is 68.8 Å². The quantitative estimate of drug-likeness (QED) is 0.488. The Balaban J connectivity index is 2.69. The molecular weight excluding hydrogens is 430 g/mol. The average Bonchev–Trinajstić information content (AvgIpc) is 2.61. The van der Waals surface area contributed by atoms with Gasteiger partial charge in [0, 0.05) is 13.6 Å². The van der Waals surface area contributed by atoms with E-state index in [-0.39, 0.29) is 12.4 Å². The van der Waals surface area contributed by atoms with Gasteiger partial charge in [0.25, 0.3) is 5.56 Å². The highest BCUT2D eigenvalue weighted by atomic mass is 32.2. The molecule has 12 heteroatoms. The minimum Gasteiger partial charge on any atom is -0.464 e. The highest BCUT2D eigenvalue weighted by Crippen LogP contribution is 2.29. The van der Waals surface area contributed by atoms with Crippen LogP contribution in [-0.4, -0.2) is 60.9 Å². The molecule has 1 aromatic rings. The summed E-state index contributed by atoms with van der Waals surface area (Å²) in [6.45, 7) is 5.43. The van der Waals surface area contributed by atoms with Crippen molar-refractivity contribution in [1.82, 2.24) is 14.5 Å². The van der Waals surface area contributed by atoms with Gasteiger partial charge in [-0.2, -0.15) is 8.42 Å². The summed E-state index contributed by atoms with van der Waals surface area (Å²) >= 11 is 0. The van der Waals surface area contributed by atoms with E-state index in [1.165, 1.54) is 16.5 Å². The van der Waals surface area contributed by atoms with E-state index in [4.69, 9.17) is 8.92 Å². The fraction of sp³-hybridized carbons (Fsp3) is 0.684. The largest absolute Gasteiger partial charge is 0.464 e. The normalized spacial score (nSPS) is 17.0. The summed E-state index contributed by atoms with van der Waals surface area (Å²) < 4.78 is 39.5. The van der Waals surface area contributed by atoms with Crippen molar-refractivity contribution < 1.29 is 31.7 Å². The van der Waals surface area contributed by atoms with E-state index < -0.39 is 50.8 Å². The average molecular weight is 460 g/mol. The van der Waals surface area contributed by atoms with Crippen LogP contribution >= 0.6 is 0 Å². The fourth-order valence-corrected chi connectivity index (χ4v) is 3.68. The van der Waals surface area contributed by atoms with Crippen molar-refractivity contribution in [2.75, 3.05) is 20.4 Å². The van der Waals surface area contributed by atoms with Crippen LogP contribution < -0.4 is 9.74 Å². The van der Waals surface area contributed by atoms with Gasteiger partial charge in [-0.1, -0.05) is 12.8 Å². The first-order valence-electron chi connectivity index (χ1n) is 9.83. The van der Waals surface area contributed by atoms with E-state index in [9.17, 15) is 22.8 Å². The van der Waals surface area contributed by atoms with Crippen LogP contribution in [0.5, 0.6) is 5.75 Å². The number of carbonyl (C=O) groups excluding carboxylic acids is 2. The van der Waals surface area contributed by atoms with E-state index in [1.54, 1.807) is 20.8 Å². The predicted octanol–water partition coefficient (Wildman–Crippen LogP) is 1.85. The SMILES string of the molecule is COC(=O)c1nc2n(c(=O)c1OS(C)(=O)=O)CCCCC[C@@H]2N(C)C(=O)OC(C)(C)C. The van der Waals surface area contributed by atoms with Gasteiger partial charge in [0.15, 0.2) is 5.69 Å². The monoisotopic (exact) mass is 459 g/mol. The number of carbonyl (C=O) groups is 2. The molecule has 174 valence electrons. The number of nitrogens with zero attached hydrogens (tertiary/aromatic N) is 3. The number of aromatic nitrogens is 2. The first kappa shape index (κ1) is 24.6. The highest BCUT2D eigenvalue weighted by Gasteiger charge is 2.34. The second kappa shape index (κ2) is 9.25. The van der Waals surface area contributed by atoms with Crippen LogP contribution in [0.3, 0.4) is 0 Å². The number of methoxy groups -OCH3 is 1. The molecule has 2 rings (SSSR count). The van der Waals surface area contributed by atoms with Gasteiger partial charge in [-0.3, -0.25) is 9.36 Å². The summed E-state index contributed by atoms with van der Waals surface area (Å²) in [5.74, 6) is -1.61. The number of esters is 1. The summed E-state index contributed by atoms with van der Waals surface area (Å²) in [5.41, 5.74) is -2.13. The maximum Gasteiger partial charge on any atom is 0.410 e. The Morgan fingerprint density at radius 2 is 1.84 bits per heavy atom. The van der Waals surface area contributed by atoms with E-state index in [0.29, 0.717) is 12.8 Å². The zero-order valence-corrected chi connectivity index (χ0v) is 19.4. The molecule has 11 nitrogen and oxygen atoms in total. The Morgan fingerprint density at radius 3 is 2.39 bits per heavy atom. The molecule has 1 atom stereocenters. The maximum absolute atomic E-state index is 13.2. The van der Waals surface area contributed by atoms with E-state index in [0.717, 1.165) is 26.2 Å². The van der Waals surface area contributed by atoms with Crippen LogP contribution in [0.2, 0.25) is 0 Å². The topological polar surface area (TPSA) is 134 Å². The molecule has 0 aromatic carbocycles. The molecule has 31 heavy (non-hydrogen) atoms. The number of ether oxygens (including phenoxy) is 2. The third-order valence-corrected chi connectivity index (χ3v) is 5.05. The van der Waals surface area contributed by atoms with Crippen molar-refractivity contribution in [3.05, 3.63) is 21.9 Å². The predicted molar refractivity (Wildman–Crippen MR) is 111 cm³/mol. The second-order valence-corrected chi connectivity index (χ2v) is 9.91.